The number of rotatable bonds is 6. The molecule has 0 aliphatic heterocycles. The lowest BCUT2D eigenvalue weighted by Crippen LogP contribution is -2.63. The summed E-state index contributed by atoms with van der Waals surface area (Å²) in [6.07, 6.45) is 3.47. The molecule has 3 atom stereocenters. The third-order valence-electron chi connectivity index (χ3n) is 4.05. The van der Waals surface area contributed by atoms with Crippen molar-refractivity contribution in [2.45, 2.75) is 58.3 Å². The zero-order valence-electron chi connectivity index (χ0n) is 10.4. The first kappa shape index (κ1) is 12.9. The van der Waals surface area contributed by atoms with Gasteiger partial charge in [-0.1, -0.05) is 13.8 Å². The second-order valence-electron chi connectivity index (χ2n) is 4.71. The maximum absolute atomic E-state index is 9.27. The van der Waals surface area contributed by atoms with Gasteiger partial charge in [0.2, 0.25) is 0 Å². The number of methoxy groups -OCH3 is 1. The van der Waals surface area contributed by atoms with Gasteiger partial charge in [0.1, 0.15) is 0 Å². The number of aliphatic hydroxyl groups excluding tert-OH is 1. The Hall–Kier alpha value is -0.120. The second kappa shape index (κ2) is 5.28. The highest BCUT2D eigenvalue weighted by Crippen LogP contribution is 2.48. The molecular formula is C12H25NO2. The van der Waals surface area contributed by atoms with E-state index < -0.39 is 0 Å². The molecular weight excluding hydrogens is 190 g/mol. The first-order valence-electron chi connectivity index (χ1n) is 6.05. The molecule has 1 aliphatic rings. The fraction of sp³-hybridized carbons (Fsp3) is 1.00. The molecule has 15 heavy (non-hydrogen) atoms. The van der Waals surface area contributed by atoms with Crippen LogP contribution >= 0.6 is 0 Å². The Labute approximate surface area is 93.2 Å². The highest BCUT2D eigenvalue weighted by Gasteiger charge is 2.52. The third kappa shape index (κ3) is 2.35. The molecule has 3 heteroatoms. The van der Waals surface area contributed by atoms with Gasteiger partial charge in [0.05, 0.1) is 12.2 Å². The molecule has 0 heterocycles. The summed E-state index contributed by atoms with van der Waals surface area (Å²) in [5.41, 5.74) is 0.281. The molecule has 90 valence electrons. The van der Waals surface area contributed by atoms with Gasteiger partial charge in [-0.25, -0.2) is 0 Å². The van der Waals surface area contributed by atoms with Gasteiger partial charge in [-0.2, -0.15) is 0 Å². The van der Waals surface area contributed by atoms with Crippen molar-refractivity contribution in [2.24, 2.45) is 5.41 Å². The van der Waals surface area contributed by atoms with E-state index in [4.69, 9.17) is 4.74 Å². The molecule has 0 aromatic rings. The van der Waals surface area contributed by atoms with Crippen molar-refractivity contribution < 1.29 is 9.84 Å². The lowest BCUT2D eigenvalue weighted by atomic mass is 9.58. The van der Waals surface area contributed by atoms with Crippen LogP contribution in [0.1, 0.15) is 40.0 Å². The van der Waals surface area contributed by atoms with Crippen LogP contribution in [-0.4, -0.2) is 37.0 Å². The Morgan fingerprint density at radius 1 is 1.47 bits per heavy atom. The molecule has 0 radical (unpaired) electrons. The van der Waals surface area contributed by atoms with E-state index in [2.05, 4.69) is 19.2 Å². The summed E-state index contributed by atoms with van der Waals surface area (Å²) >= 11 is 0. The Bertz CT molecular complexity index is 190. The Morgan fingerprint density at radius 3 is 2.47 bits per heavy atom. The highest BCUT2D eigenvalue weighted by atomic mass is 16.5. The van der Waals surface area contributed by atoms with E-state index in [1.807, 2.05) is 6.92 Å². The van der Waals surface area contributed by atoms with Crippen molar-refractivity contribution in [3.63, 3.8) is 0 Å². The van der Waals surface area contributed by atoms with Crippen molar-refractivity contribution in [3.8, 4) is 0 Å². The summed E-state index contributed by atoms with van der Waals surface area (Å²) in [7, 11) is 1.80. The van der Waals surface area contributed by atoms with E-state index >= 15 is 0 Å². The summed E-state index contributed by atoms with van der Waals surface area (Å²) < 4.78 is 5.52. The lowest BCUT2D eigenvalue weighted by molar-refractivity contribution is -0.125. The number of aliphatic hydroxyl groups is 1. The molecule has 0 aromatic heterocycles. The summed E-state index contributed by atoms with van der Waals surface area (Å²) in [5.74, 6) is 0. The molecule has 0 spiro atoms. The highest BCUT2D eigenvalue weighted by molar-refractivity contribution is 5.06. The molecule has 1 rings (SSSR count). The first-order valence-corrected chi connectivity index (χ1v) is 6.05. The summed E-state index contributed by atoms with van der Waals surface area (Å²) in [6.45, 7) is 6.96. The molecule has 0 bridgehead atoms. The Kier molecular flexibility index (Phi) is 4.56. The maximum Gasteiger partial charge on any atom is 0.0657 e. The van der Waals surface area contributed by atoms with E-state index in [1.54, 1.807) is 7.11 Å². The zero-order chi connectivity index (χ0) is 11.5. The van der Waals surface area contributed by atoms with Crippen LogP contribution in [-0.2, 0) is 4.74 Å². The van der Waals surface area contributed by atoms with Gasteiger partial charge in [-0.3, -0.25) is 0 Å². The summed E-state index contributed by atoms with van der Waals surface area (Å²) in [5, 5.41) is 12.7. The number of ether oxygens (including phenoxy) is 1. The van der Waals surface area contributed by atoms with E-state index in [1.165, 1.54) is 0 Å². The largest absolute Gasteiger partial charge is 0.392 e. The van der Waals surface area contributed by atoms with Crippen molar-refractivity contribution in [1.29, 1.82) is 0 Å². The van der Waals surface area contributed by atoms with Gasteiger partial charge in [0, 0.05) is 25.1 Å². The van der Waals surface area contributed by atoms with Crippen LogP contribution in [0.15, 0.2) is 0 Å². The van der Waals surface area contributed by atoms with Gasteiger partial charge < -0.3 is 15.2 Å². The molecule has 1 aliphatic carbocycles. The predicted octanol–water partition coefficient (Wildman–Crippen LogP) is 1.55. The van der Waals surface area contributed by atoms with Crippen molar-refractivity contribution in [3.05, 3.63) is 0 Å². The van der Waals surface area contributed by atoms with Crippen LogP contribution < -0.4 is 5.32 Å². The minimum Gasteiger partial charge on any atom is -0.392 e. The fourth-order valence-electron chi connectivity index (χ4n) is 2.88. The predicted molar refractivity (Wildman–Crippen MR) is 61.9 cm³/mol. The number of nitrogens with one attached hydrogen (secondary N) is 1. The van der Waals surface area contributed by atoms with Crippen molar-refractivity contribution in [1.82, 2.24) is 5.32 Å². The van der Waals surface area contributed by atoms with Crippen LogP contribution in [0.25, 0.3) is 0 Å². The fourth-order valence-corrected chi connectivity index (χ4v) is 2.88. The smallest absolute Gasteiger partial charge is 0.0657 e. The van der Waals surface area contributed by atoms with Gasteiger partial charge in [-0.05, 0) is 26.2 Å². The molecule has 2 unspecified atom stereocenters. The topological polar surface area (TPSA) is 41.5 Å². The Balaban J connectivity index is 2.52. The average molecular weight is 215 g/mol. The molecule has 0 amide bonds. The van der Waals surface area contributed by atoms with Crippen molar-refractivity contribution >= 4 is 0 Å². The van der Waals surface area contributed by atoms with E-state index in [0.29, 0.717) is 18.7 Å². The standard InChI is InChI=1S/C12H25NO2/c1-5-12(6-2)10(7-11(12)15-4)13-8-9(3)14/h9-11,13-14H,5-8H2,1-4H3/t9-,10?,11?/m0/s1. The molecule has 1 saturated carbocycles. The molecule has 1 fully saturated rings. The molecule has 0 aromatic carbocycles. The van der Waals surface area contributed by atoms with Crippen LogP contribution in [0.2, 0.25) is 0 Å². The second-order valence-corrected chi connectivity index (χ2v) is 4.71. The van der Waals surface area contributed by atoms with Crippen LogP contribution in [0.5, 0.6) is 0 Å². The van der Waals surface area contributed by atoms with Gasteiger partial charge in [0.25, 0.3) is 0 Å². The summed E-state index contributed by atoms with van der Waals surface area (Å²) in [6, 6.07) is 0.507. The minimum atomic E-state index is -0.266. The monoisotopic (exact) mass is 215 g/mol. The quantitative estimate of drug-likeness (QED) is 0.706. The lowest BCUT2D eigenvalue weighted by Gasteiger charge is -2.55. The number of hydrogen-bond acceptors (Lipinski definition) is 3. The van der Waals surface area contributed by atoms with Gasteiger partial charge in [0.15, 0.2) is 0 Å². The van der Waals surface area contributed by atoms with E-state index in [-0.39, 0.29) is 11.5 Å². The zero-order valence-corrected chi connectivity index (χ0v) is 10.4. The Morgan fingerprint density at radius 2 is 2.07 bits per heavy atom. The summed E-state index contributed by atoms with van der Waals surface area (Å²) in [4.78, 5) is 0. The van der Waals surface area contributed by atoms with E-state index in [9.17, 15) is 5.11 Å². The van der Waals surface area contributed by atoms with Crippen LogP contribution in [0.3, 0.4) is 0 Å². The SMILES string of the molecule is CCC1(CC)C(NC[C@H](C)O)CC1OC. The number of hydrogen-bond donors (Lipinski definition) is 2. The van der Waals surface area contributed by atoms with Gasteiger partial charge in [-0.15, -0.1) is 0 Å². The van der Waals surface area contributed by atoms with Crippen LogP contribution in [0, 0.1) is 5.41 Å². The third-order valence-corrected chi connectivity index (χ3v) is 4.05. The van der Waals surface area contributed by atoms with Gasteiger partial charge >= 0.3 is 0 Å². The average Bonchev–Trinajstić information content (AvgIpc) is 2.18. The minimum absolute atomic E-state index is 0.266. The van der Waals surface area contributed by atoms with E-state index in [0.717, 1.165) is 19.3 Å². The molecule has 0 saturated heterocycles. The molecule has 2 N–H and O–H groups in total. The molecule has 3 nitrogen and oxygen atoms in total. The first-order chi connectivity index (χ1) is 7.10. The van der Waals surface area contributed by atoms with Crippen molar-refractivity contribution in [2.75, 3.05) is 13.7 Å². The normalized spacial score (nSPS) is 31.0. The maximum atomic E-state index is 9.27. The van der Waals surface area contributed by atoms with Crippen LogP contribution in [0.4, 0.5) is 0 Å².